The van der Waals surface area contributed by atoms with Gasteiger partial charge in [0.25, 0.3) is 0 Å². The lowest BCUT2D eigenvalue weighted by Gasteiger charge is -2.17. The van der Waals surface area contributed by atoms with Crippen LogP contribution in [-0.2, 0) is 6.54 Å². The molecule has 0 saturated heterocycles. The first-order valence-electron chi connectivity index (χ1n) is 8.65. The van der Waals surface area contributed by atoms with Gasteiger partial charge in [0.1, 0.15) is 17.2 Å². The Morgan fingerprint density at radius 2 is 1.93 bits per heavy atom. The lowest BCUT2D eigenvalue weighted by molar-refractivity contribution is -0.385. The minimum Gasteiger partial charge on any atom is -0.459 e. The minimum absolute atomic E-state index is 0.0179. The number of anilines is 1. The first-order chi connectivity index (χ1) is 13.9. The Labute approximate surface area is 169 Å². The van der Waals surface area contributed by atoms with Gasteiger partial charge in [-0.25, -0.2) is 4.98 Å². The molecular formula is C20H15ClN4O4. The molecule has 4 rings (SSSR count). The van der Waals surface area contributed by atoms with E-state index in [0.717, 1.165) is 9.96 Å². The molecule has 9 heteroatoms. The highest BCUT2D eigenvalue weighted by atomic mass is 35.5. The number of fused-ring (bicyclic) bond motifs is 1. The molecule has 0 atom stereocenters. The van der Waals surface area contributed by atoms with Gasteiger partial charge in [-0.3, -0.25) is 19.3 Å². The Kier molecular flexibility index (Phi) is 4.77. The molecule has 3 aromatic heterocycles. The van der Waals surface area contributed by atoms with Gasteiger partial charge >= 0.3 is 11.2 Å². The highest BCUT2D eigenvalue weighted by Gasteiger charge is 2.26. The smallest absolute Gasteiger partial charge is 0.376 e. The van der Waals surface area contributed by atoms with Crippen molar-refractivity contribution in [2.45, 2.75) is 6.54 Å². The summed E-state index contributed by atoms with van der Waals surface area (Å²) in [5.74, 6) is 1.20. The van der Waals surface area contributed by atoms with Crippen LogP contribution in [0, 0.1) is 10.1 Å². The third-order valence-corrected chi connectivity index (χ3v) is 4.67. The van der Waals surface area contributed by atoms with E-state index in [1.165, 1.54) is 11.1 Å². The van der Waals surface area contributed by atoms with E-state index in [-0.39, 0.29) is 12.4 Å². The van der Waals surface area contributed by atoms with Crippen molar-refractivity contribution in [2.75, 3.05) is 11.9 Å². The standard InChI is InChI=1S/C20H15ClN4O4/c1-23(12-15-9-10-16(29-15)13-5-7-14(21)8-6-13)19-18(25(27)28)20(26)24-11-3-2-4-17(24)22-19/h2-11H,12H2,1H3. The normalized spacial score (nSPS) is 11.0. The van der Waals surface area contributed by atoms with Crippen LogP contribution in [0.4, 0.5) is 11.5 Å². The molecule has 3 heterocycles. The van der Waals surface area contributed by atoms with Gasteiger partial charge in [0, 0.05) is 23.8 Å². The molecule has 0 spiro atoms. The van der Waals surface area contributed by atoms with Crippen molar-refractivity contribution in [2.24, 2.45) is 0 Å². The fraction of sp³-hybridized carbons (Fsp3) is 0.100. The highest BCUT2D eigenvalue weighted by molar-refractivity contribution is 6.30. The molecule has 0 aliphatic heterocycles. The van der Waals surface area contributed by atoms with Crippen LogP contribution in [0.25, 0.3) is 17.0 Å². The maximum atomic E-state index is 12.6. The van der Waals surface area contributed by atoms with Gasteiger partial charge in [0.15, 0.2) is 0 Å². The summed E-state index contributed by atoms with van der Waals surface area (Å²) in [7, 11) is 1.62. The van der Waals surface area contributed by atoms with Gasteiger partial charge in [-0.05, 0) is 48.5 Å². The Hall–Kier alpha value is -3.65. The lowest BCUT2D eigenvalue weighted by atomic mass is 10.2. The maximum Gasteiger partial charge on any atom is 0.376 e. The molecule has 0 radical (unpaired) electrons. The lowest BCUT2D eigenvalue weighted by Crippen LogP contribution is -2.26. The third kappa shape index (κ3) is 3.57. The summed E-state index contributed by atoms with van der Waals surface area (Å²) in [6.07, 6.45) is 1.45. The van der Waals surface area contributed by atoms with E-state index in [0.29, 0.717) is 22.2 Å². The van der Waals surface area contributed by atoms with E-state index in [1.807, 2.05) is 18.2 Å². The number of rotatable bonds is 5. The number of hydrogen-bond acceptors (Lipinski definition) is 6. The van der Waals surface area contributed by atoms with Gasteiger partial charge in [0.05, 0.1) is 11.5 Å². The molecule has 8 nitrogen and oxygen atoms in total. The second-order valence-corrected chi connectivity index (χ2v) is 6.84. The molecule has 0 unspecified atom stereocenters. The average Bonchev–Trinajstić information content (AvgIpc) is 3.16. The second-order valence-electron chi connectivity index (χ2n) is 6.40. The second kappa shape index (κ2) is 7.40. The van der Waals surface area contributed by atoms with Crippen LogP contribution >= 0.6 is 11.6 Å². The quantitative estimate of drug-likeness (QED) is 0.362. The first-order valence-corrected chi connectivity index (χ1v) is 9.03. The fourth-order valence-corrected chi connectivity index (χ4v) is 3.16. The predicted molar refractivity (Wildman–Crippen MR) is 109 cm³/mol. The van der Waals surface area contributed by atoms with Crippen molar-refractivity contribution in [3.63, 3.8) is 0 Å². The zero-order chi connectivity index (χ0) is 20.5. The van der Waals surface area contributed by atoms with Crippen molar-refractivity contribution < 1.29 is 9.34 Å². The number of nitro groups is 1. The van der Waals surface area contributed by atoms with Crippen molar-refractivity contribution in [3.05, 3.63) is 92.0 Å². The van der Waals surface area contributed by atoms with Crippen LogP contribution in [0.15, 0.2) is 70.0 Å². The molecule has 0 aliphatic carbocycles. The van der Waals surface area contributed by atoms with Gasteiger partial charge in [-0.15, -0.1) is 0 Å². The molecule has 4 aromatic rings. The molecule has 146 valence electrons. The van der Waals surface area contributed by atoms with Crippen LogP contribution < -0.4 is 10.5 Å². The molecule has 0 bridgehead atoms. The Balaban J connectivity index is 1.68. The summed E-state index contributed by atoms with van der Waals surface area (Å²) in [6.45, 7) is 0.198. The van der Waals surface area contributed by atoms with E-state index in [4.69, 9.17) is 16.0 Å². The predicted octanol–water partition coefficient (Wildman–Crippen LogP) is 4.15. The molecule has 1 aromatic carbocycles. The SMILES string of the molecule is CN(Cc1ccc(-c2ccc(Cl)cc2)o1)c1nc2ccccn2c(=O)c1[N+](=O)[O-]. The van der Waals surface area contributed by atoms with E-state index in [2.05, 4.69) is 4.98 Å². The Morgan fingerprint density at radius 1 is 1.17 bits per heavy atom. The van der Waals surface area contributed by atoms with Gasteiger partial charge in [-0.2, -0.15) is 0 Å². The molecular weight excluding hydrogens is 396 g/mol. The minimum atomic E-state index is -0.733. The monoisotopic (exact) mass is 410 g/mol. The Bertz CT molecular complexity index is 1260. The summed E-state index contributed by atoms with van der Waals surface area (Å²) in [6, 6.07) is 15.7. The van der Waals surface area contributed by atoms with E-state index in [9.17, 15) is 14.9 Å². The topological polar surface area (TPSA) is 93.9 Å². The number of nitrogens with zero attached hydrogens (tertiary/aromatic N) is 4. The van der Waals surface area contributed by atoms with Gasteiger partial charge in [-0.1, -0.05) is 17.7 Å². The van der Waals surface area contributed by atoms with Gasteiger partial charge in [0.2, 0.25) is 5.82 Å². The summed E-state index contributed by atoms with van der Waals surface area (Å²) in [4.78, 5) is 29.3. The number of pyridine rings is 1. The number of furan rings is 1. The molecule has 0 fully saturated rings. The van der Waals surface area contributed by atoms with Gasteiger partial charge < -0.3 is 9.32 Å². The van der Waals surface area contributed by atoms with Crippen LogP contribution in [0.3, 0.4) is 0 Å². The van der Waals surface area contributed by atoms with Crippen molar-refractivity contribution in [1.29, 1.82) is 0 Å². The largest absolute Gasteiger partial charge is 0.459 e. The summed E-state index contributed by atoms with van der Waals surface area (Å²) in [5, 5.41) is 12.2. The fourth-order valence-electron chi connectivity index (χ4n) is 3.03. The molecule has 0 saturated carbocycles. The van der Waals surface area contributed by atoms with E-state index >= 15 is 0 Å². The number of hydrogen-bond donors (Lipinski definition) is 0. The molecule has 29 heavy (non-hydrogen) atoms. The van der Waals surface area contributed by atoms with E-state index < -0.39 is 16.2 Å². The third-order valence-electron chi connectivity index (χ3n) is 4.42. The summed E-state index contributed by atoms with van der Waals surface area (Å²) < 4.78 is 7.01. The zero-order valence-electron chi connectivity index (χ0n) is 15.3. The zero-order valence-corrected chi connectivity index (χ0v) is 16.0. The Morgan fingerprint density at radius 3 is 2.66 bits per heavy atom. The number of benzene rings is 1. The molecule has 0 aliphatic rings. The number of halogens is 1. The van der Waals surface area contributed by atoms with Crippen LogP contribution in [0.5, 0.6) is 0 Å². The van der Waals surface area contributed by atoms with Crippen molar-refractivity contribution in [3.8, 4) is 11.3 Å². The molecule has 0 N–H and O–H groups in total. The number of aromatic nitrogens is 2. The van der Waals surface area contributed by atoms with Crippen LogP contribution in [0.2, 0.25) is 5.02 Å². The van der Waals surface area contributed by atoms with Crippen LogP contribution in [-0.4, -0.2) is 21.4 Å². The summed E-state index contributed by atoms with van der Waals surface area (Å²) >= 11 is 5.91. The highest BCUT2D eigenvalue weighted by Crippen LogP contribution is 2.27. The van der Waals surface area contributed by atoms with Crippen molar-refractivity contribution in [1.82, 2.24) is 9.38 Å². The maximum absolute atomic E-state index is 12.6. The first kappa shape index (κ1) is 18.7. The van der Waals surface area contributed by atoms with E-state index in [1.54, 1.807) is 43.4 Å². The van der Waals surface area contributed by atoms with Crippen molar-refractivity contribution >= 4 is 28.8 Å². The molecule has 0 amide bonds. The van der Waals surface area contributed by atoms with Crippen LogP contribution in [0.1, 0.15) is 5.76 Å². The summed E-state index contributed by atoms with van der Waals surface area (Å²) in [5.41, 5.74) is -0.132. The average molecular weight is 411 g/mol.